The lowest BCUT2D eigenvalue weighted by molar-refractivity contribution is 0.294. The smallest absolute Gasteiger partial charge is 0.243 e. The fraction of sp³-hybridized carbons (Fsp3) is 0.700. The molecule has 0 radical (unpaired) electrons. The first-order valence-electron chi connectivity index (χ1n) is 9.99. The molecule has 5 unspecified atom stereocenters. The van der Waals surface area contributed by atoms with Gasteiger partial charge >= 0.3 is 0 Å². The molecule has 5 rings (SSSR count). The SMILES string of the molecule is CC1(C)OC1CCC1OC1CN(CC1CO1)S(=O)(=O)c1ccc(C2CO2)cc1. The first kappa shape index (κ1) is 19.0. The van der Waals surface area contributed by atoms with Gasteiger partial charge in [-0.1, -0.05) is 12.1 Å². The standard InChI is InChI=1S/C20H27NO6S/c1-20(2)19(27-20)8-7-16-17(26-16)10-21(9-14-11-24-14)28(22,23)15-5-3-13(4-6-15)18-12-25-18/h3-6,14,16-19H,7-12H2,1-2H3. The molecule has 0 N–H and O–H groups in total. The highest BCUT2D eigenvalue weighted by molar-refractivity contribution is 7.89. The molecule has 0 aliphatic carbocycles. The molecular formula is C20H27NO6S. The predicted molar refractivity (Wildman–Crippen MR) is 100 cm³/mol. The van der Waals surface area contributed by atoms with Gasteiger partial charge in [0.2, 0.25) is 10.0 Å². The Morgan fingerprint density at radius 2 is 1.71 bits per heavy atom. The highest BCUT2D eigenvalue weighted by Crippen LogP contribution is 2.41. The van der Waals surface area contributed by atoms with Crippen LogP contribution >= 0.6 is 0 Å². The van der Waals surface area contributed by atoms with Gasteiger partial charge in [-0.2, -0.15) is 4.31 Å². The van der Waals surface area contributed by atoms with Crippen molar-refractivity contribution < 1.29 is 27.4 Å². The summed E-state index contributed by atoms with van der Waals surface area (Å²) in [5, 5.41) is 0. The van der Waals surface area contributed by atoms with Crippen molar-refractivity contribution in [2.45, 2.75) is 67.7 Å². The molecule has 4 saturated heterocycles. The van der Waals surface area contributed by atoms with Crippen LogP contribution in [0.2, 0.25) is 0 Å². The zero-order valence-electron chi connectivity index (χ0n) is 16.2. The summed E-state index contributed by atoms with van der Waals surface area (Å²) < 4.78 is 49.8. The summed E-state index contributed by atoms with van der Waals surface area (Å²) in [7, 11) is -3.59. The van der Waals surface area contributed by atoms with Crippen molar-refractivity contribution in [1.29, 1.82) is 0 Å². The van der Waals surface area contributed by atoms with Crippen molar-refractivity contribution in [3.8, 4) is 0 Å². The molecule has 8 heteroatoms. The summed E-state index contributed by atoms with van der Waals surface area (Å²) >= 11 is 0. The highest BCUT2D eigenvalue weighted by atomic mass is 32.2. The van der Waals surface area contributed by atoms with E-state index in [9.17, 15) is 8.42 Å². The molecule has 0 amide bonds. The van der Waals surface area contributed by atoms with E-state index in [1.165, 1.54) is 4.31 Å². The van der Waals surface area contributed by atoms with Gasteiger partial charge < -0.3 is 18.9 Å². The molecule has 1 aromatic carbocycles. The van der Waals surface area contributed by atoms with E-state index >= 15 is 0 Å². The van der Waals surface area contributed by atoms with E-state index in [1.807, 2.05) is 12.1 Å². The van der Waals surface area contributed by atoms with Crippen LogP contribution in [0.25, 0.3) is 0 Å². The van der Waals surface area contributed by atoms with Gasteiger partial charge in [-0.25, -0.2) is 8.42 Å². The Morgan fingerprint density at radius 1 is 1.04 bits per heavy atom. The van der Waals surface area contributed by atoms with Gasteiger partial charge in [0, 0.05) is 13.1 Å². The molecule has 4 aliphatic heterocycles. The normalized spacial score (nSPS) is 35.0. The summed E-state index contributed by atoms with van der Waals surface area (Å²) in [4.78, 5) is 0.308. The average molecular weight is 410 g/mol. The molecule has 7 nitrogen and oxygen atoms in total. The number of nitrogens with zero attached hydrogens (tertiary/aromatic N) is 1. The molecule has 0 spiro atoms. The van der Waals surface area contributed by atoms with Crippen molar-refractivity contribution in [3.05, 3.63) is 29.8 Å². The Hall–Kier alpha value is -1.03. The van der Waals surface area contributed by atoms with Gasteiger partial charge in [0.1, 0.15) is 6.10 Å². The topological polar surface area (TPSA) is 87.5 Å². The van der Waals surface area contributed by atoms with Crippen LogP contribution < -0.4 is 0 Å². The number of hydrogen-bond acceptors (Lipinski definition) is 6. The van der Waals surface area contributed by atoms with E-state index in [0.29, 0.717) is 37.3 Å². The first-order valence-corrected chi connectivity index (χ1v) is 11.4. The fourth-order valence-electron chi connectivity index (χ4n) is 3.76. The molecule has 0 aromatic heterocycles. The van der Waals surface area contributed by atoms with Gasteiger partial charge in [0.15, 0.2) is 0 Å². The maximum atomic E-state index is 13.2. The lowest BCUT2D eigenvalue weighted by Crippen LogP contribution is -2.37. The zero-order chi connectivity index (χ0) is 19.5. The molecule has 154 valence electrons. The summed E-state index contributed by atoms with van der Waals surface area (Å²) in [6.07, 6.45) is 2.34. The number of ether oxygens (including phenoxy) is 4. The van der Waals surface area contributed by atoms with E-state index in [4.69, 9.17) is 18.9 Å². The maximum absolute atomic E-state index is 13.2. The summed E-state index contributed by atoms with van der Waals surface area (Å²) in [5.74, 6) is 0. The highest BCUT2D eigenvalue weighted by Gasteiger charge is 2.50. The number of sulfonamides is 1. The van der Waals surface area contributed by atoms with E-state index in [1.54, 1.807) is 12.1 Å². The number of benzene rings is 1. The Labute approximate surface area is 165 Å². The Bertz CT molecular complexity index is 831. The van der Waals surface area contributed by atoms with E-state index < -0.39 is 10.0 Å². The molecule has 4 heterocycles. The minimum atomic E-state index is -3.59. The van der Waals surface area contributed by atoms with Crippen LogP contribution in [0, 0.1) is 0 Å². The van der Waals surface area contributed by atoms with E-state index in [2.05, 4.69) is 13.8 Å². The lowest BCUT2D eigenvalue weighted by atomic mass is 10.0. The summed E-state index contributed by atoms with van der Waals surface area (Å²) in [6, 6.07) is 7.02. The lowest BCUT2D eigenvalue weighted by Gasteiger charge is -2.21. The minimum Gasteiger partial charge on any atom is -0.372 e. The van der Waals surface area contributed by atoms with E-state index in [0.717, 1.165) is 18.4 Å². The van der Waals surface area contributed by atoms with Gasteiger partial charge in [-0.3, -0.25) is 0 Å². The Balaban J connectivity index is 1.22. The van der Waals surface area contributed by atoms with Crippen LogP contribution in [0.15, 0.2) is 29.2 Å². The fourth-order valence-corrected chi connectivity index (χ4v) is 5.25. The van der Waals surface area contributed by atoms with Crippen molar-refractivity contribution >= 4 is 10.0 Å². The quantitative estimate of drug-likeness (QED) is 0.548. The molecule has 28 heavy (non-hydrogen) atoms. The van der Waals surface area contributed by atoms with Crippen LogP contribution in [-0.4, -0.2) is 69.0 Å². The second kappa shape index (κ2) is 6.75. The molecular weight excluding hydrogens is 382 g/mol. The summed E-state index contributed by atoms with van der Waals surface area (Å²) in [5.41, 5.74) is 1.01. The predicted octanol–water partition coefficient (Wildman–Crippen LogP) is 1.87. The van der Waals surface area contributed by atoms with Crippen LogP contribution in [-0.2, 0) is 29.0 Å². The van der Waals surface area contributed by atoms with Crippen LogP contribution in [0.5, 0.6) is 0 Å². The second-order valence-electron chi connectivity index (χ2n) is 8.67. The van der Waals surface area contributed by atoms with Crippen LogP contribution in [0.4, 0.5) is 0 Å². The minimum absolute atomic E-state index is 0.00762. The van der Waals surface area contributed by atoms with Gasteiger partial charge in [0.25, 0.3) is 0 Å². The molecule has 4 fully saturated rings. The van der Waals surface area contributed by atoms with Crippen molar-refractivity contribution in [2.24, 2.45) is 0 Å². The number of hydrogen-bond donors (Lipinski definition) is 0. The maximum Gasteiger partial charge on any atom is 0.243 e. The van der Waals surface area contributed by atoms with Crippen molar-refractivity contribution in [1.82, 2.24) is 4.31 Å². The Morgan fingerprint density at radius 3 is 2.29 bits per heavy atom. The third kappa shape index (κ3) is 4.13. The number of rotatable bonds is 10. The molecule has 0 bridgehead atoms. The largest absolute Gasteiger partial charge is 0.372 e. The first-order chi connectivity index (χ1) is 13.3. The van der Waals surface area contributed by atoms with Gasteiger partial charge in [-0.05, 0) is 44.4 Å². The summed E-state index contributed by atoms with van der Waals surface area (Å²) in [6.45, 7) is 6.26. The van der Waals surface area contributed by atoms with Crippen molar-refractivity contribution in [2.75, 3.05) is 26.3 Å². The zero-order valence-corrected chi connectivity index (χ0v) is 17.1. The second-order valence-corrected chi connectivity index (χ2v) is 10.6. The number of epoxide rings is 4. The van der Waals surface area contributed by atoms with E-state index in [-0.39, 0.29) is 30.0 Å². The van der Waals surface area contributed by atoms with Crippen LogP contribution in [0.1, 0.15) is 38.4 Å². The molecule has 5 atom stereocenters. The average Bonchev–Trinajstić information content (AvgIpc) is 3.46. The molecule has 4 aliphatic rings. The van der Waals surface area contributed by atoms with Crippen molar-refractivity contribution in [3.63, 3.8) is 0 Å². The van der Waals surface area contributed by atoms with Gasteiger partial charge in [-0.15, -0.1) is 0 Å². The van der Waals surface area contributed by atoms with Crippen LogP contribution in [0.3, 0.4) is 0 Å². The third-order valence-electron chi connectivity index (χ3n) is 5.98. The third-order valence-corrected chi connectivity index (χ3v) is 7.83. The Kier molecular flexibility index (Phi) is 4.57. The molecule has 0 saturated carbocycles. The molecule has 1 aromatic rings. The monoisotopic (exact) mass is 409 g/mol. The van der Waals surface area contributed by atoms with Gasteiger partial charge in [0.05, 0.1) is 48.1 Å².